The second kappa shape index (κ2) is 6.54. The SMILES string of the molecule is CCNCC/C=C/c1ccc(F)c(C(F)(F)F)c1. The maximum Gasteiger partial charge on any atom is 0.419 e. The monoisotopic (exact) mass is 261 g/mol. The van der Waals surface area contributed by atoms with Gasteiger partial charge in [0.1, 0.15) is 5.82 Å². The molecule has 100 valence electrons. The molecule has 0 aliphatic heterocycles. The molecule has 0 fully saturated rings. The Kier molecular flexibility index (Phi) is 5.34. The van der Waals surface area contributed by atoms with Crippen molar-refractivity contribution in [2.45, 2.75) is 19.5 Å². The van der Waals surface area contributed by atoms with Crippen molar-refractivity contribution in [3.05, 3.63) is 41.2 Å². The van der Waals surface area contributed by atoms with E-state index in [1.807, 2.05) is 6.92 Å². The third kappa shape index (κ3) is 4.49. The molecule has 5 heteroatoms. The Labute approximate surface area is 104 Å². The van der Waals surface area contributed by atoms with Gasteiger partial charge in [0.05, 0.1) is 5.56 Å². The van der Waals surface area contributed by atoms with Gasteiger partial charge >= 0.3 is 6.18 Å². The molecule has 0 amide bonds. The molecule has 0 atom stereocenters. The van der Waals surface area contributed by atoms with Gasteiger partial charge in [-0.25, -0.2) is 4.39 Å². The fraction of sp³-hybridized carbons (Fsp3) is 0.385. The van der Waals surface area contributed by atoms with Crippen LogP contribution < -0.4 is 5.32 Å². The van der Waals surface area contributed by atoms with Crippen LogP contribution in [0.5, 0.6) is 0 Å². The highest BCUT2D eigenvalue weighted by Crippen LogP contribution is 2.32. The van der Waals surface area contributed by atoms with Crippen LogP contribution in [-0.2, 0) is 6.18 Å². The molecule has 1 N–H and O–H groups in total. The second-order valence-corrected chi connectivity index (χ2v) is 3.78. The molecule has 0 aliphatic carbocycles. The van der Waals surface area contributed by atoms with Crippen LogP contribution >= 0.6 is 0 Å². The van der Waals surface area contributed by atoms with Gasteiger partial charge in [0, 0.05) is 0 Å². The molecule has 1 rings (SSSR count). The largest absolute Gasteiger partial charge is 0.419 e. The molecule has 0 unspecified atom stereocenters. The maximum atomic E-state index is 13.0. The Morgan fingerprint density at radius 3 is 2.61 bits per heavy atom. The average molecular weight is 261 g/mol. The Morgan fingerprint density at radius 1 is 1.28 bits per heavy atom. The van der Waals surface area contributed by atoms with Gasteiger partial charge in [-0.05, 0) is 37.2 Å². The lowest BCUT2D eigenvalue weighted by Gasteiger charge is -2.08. The van der Waals surface area contributed by atoms with Gasteiger partial charge < -0.3 is 5.32 Å². The van der Waals surface area contributed by atoms with Gasteiger partial charge in [0.25, 0.3) is 0 Å². The Morgan fingerprint density at radius 2 is 2.00 bits per heavy atom. The predicted molar refractivity (Wildman–Crippen MR) is 63.6 cm³/mol. The number of nitrogens with one attached hydrogen (secondary N) is 1. The van der Waals surface area contributed by atoms with Crippen LogP contribution in [0.1, 0.15) is 24.5 Å². The fourth-order valence-electron chi connectivity index (χ4n) is 1.45. The van der Waals surface area contributed by atoms with E-state index in [9.17, 15) is 17.6 Å². The number of alkyl halides is 3. The molecule has 0 aliphatic rings. The van der Waals surface area contributed by atoms with Gasteiger partial charge in [-0.2, -0.15) is 13.2 Å². The third-order valence-electron chi connectivity index (χ3n) is 2.34. The molecule has 0 aromatic heterocycles. The van der Waals surface area contributed by atoms with Crippen LogP contribution in [0.4, 0.5) is 17.6 Å². The second-order valence-electron chi connectivity index (χ2n) is 3.78. The van der Waals surface area contributed by atoms with Crippen molar-refractivity contribution in [1.82, 2.24) is 5.32 Å². The molecule has 1 nitrogen and oxygen atoms in total. The van der Waals surface area contributed by atoms with Crippen LogP contribution in [0.2, 0.25) is 0 Å². The summed E-state index contributed by atoms with van der Waals surface area (Å²) in [5.74, 6) is -1.24. The summed E-state index contributed by atoms with van der Waals surface area (Å²) in [5, 5.41) is 3.09. The molecule has 1 aromatic carbocycles. The lowest BCUT2D eigenvalue weighted by molar-refractivity contribution is -0.140. The molecule has 0 saturated carbocycles. The Balaban J connectivity index is 2.73. The highest BCUT2D eigenvalue weighted by Gasteiger charge is 2.33. The van der Waals surface area contributed by atoms with E-state index in [-0.39, 0.29) is 0 Å². The van der Waals surface area contributed by atoms with Crippen molar-refractivity contribution in [2.75, 3.05) is 13.1 Å². The summed E-state index contributed by atoms with van der Waals surface area (Å²) < 4.78 is 50.3. The van der Waals surface area contributed by atoms with Gasteiger partial charge in [-0.1, -0.05) is 25.1 Å². The highest BCUT2D eigenvalue weighted by atomic mass is 19.4. The smallest absolute Gasteiger partial charge is 0.317 e. The van der Waals surface area contributed by atoms with E-state index in [0.29, 0.717) is 12.0 Å². The molecule has 0 saturated heterocycles. The van der Waals surface area contributed by atoms with Crippen molar-refractivity contribution in [1.29, 1.82) is 0 Å². The van der Waals surface area contributed by atoms with Gasteiger partial charge in [0.2, 0.25) is 0 Å². The zero-order chi connectivity index (χ0) is 13.6. The molecule has 0 heterocycles. The van der Waals surface area contributed by atoms with E-state index in [2.05, 4.69) is 5.32 Å². The third-order valence-corrected chi connectivity index (χ3v) is 2.34. The number of rotatable bonds is 5. The van der Waals surface area contributed by atoms with E-state index >= 15 is 0 Å². The zero-order valence-corrected chi connectivity index (χ0v) is 10.0. The topological polar surface area (TPSA) is 12.0 Å². The van der Waals surface area contributed by atoms with Crippen LogP contribution in [-0.4, -0.2) is 13.1 Å². The minimum atomic E-state index is -4.66. The van der Waals surface area contributed by atoms with Gasteiger partial charge in [0.15, 0.2) is 0 Å². The molecule has 1 aromatic rings. The van der Waals surface area contributed by atoms with E-state index in [1.165, 1.54) is 6.07 Å². The number of benzene rings is 1. The van der Waals surface area contributed by atoms with E-state index in [0.717, 1.165) is 25.2 Å². The van der Waals surface area contributed by atoms with Crippen molar-refractivity contribution in [2.24, 2.45) is 0 Å². The maximum absolute atomic E-state index is 13.0. The van der Waals surface area contributed by atoms with Crippen LogP contribution in [0.15, 0.2) is 24.3 Å². The molecule has 0 spiro atoms. The summed E-state index contributed by atoms with van der Waals surface area (Å²) in [6.07, 6.45) is -0.619. The first-order valence-electron chi connectivity index (χ1n) is 5.69. The summed E-state index contributed by atoms with van der Waals surface area (Å²) in [4.78, 5) is 0. The zero-order valence-electron chi connectivity index (χ0n) is 10.0. The normalized spacial score (nSPS) is 12.3. The number of halogens is 4. The van der Waals surface area contributed by atoms with Crippen LogP contribution in [0.25, 0.3) is 6.08 Å². The van der Waals surface area contributed by atoms with Gasteiger partial charge in [-0.3, -0.25) is 0 Å². The van der Waals surface area contributed by atoms with Crippen molar-refractivity contribution >= 4 is 6.08 Å². The van der Waals surface area contributed by atoms with Crippen molar-refractivity contribution in [3.8, 4) is 0 Å². The van der Waals surface area contributed by atoms with Gasteiger partial charge in [-0.15, -0.1) is 0 Å². The molecular formula is C13H15F4N. The molecule has 18 heavy (non-hydrogen) atoms. The lowest BCUT2D eigenvalue weighted by Crippen LogP contribution is -2.12. The lowest BCUT2D eigenvalue weighted by atomic mass is 10.1. The highest BCUT2D eigenvalue weighted by molar-refractivity contribution is 5.50. The minimum Gasteiger partial charge on any atom is -0.317 e. The quantitative estimate of drug-likeness (QED) is 0.627. The Hall–Kier alpha value is -1.36. The molecule has 0 radical (unpaired) electrons. The minimum absolute atomic E-state index is 0.347. The summed E-state index contributed by atoms with van der Waals surface area (Å²) in [7, 11) is 0. The van der Waals surface area contributed by atoms with Crippen molar-refractivity contribution < 1.29 is 17.6 Å². The molecule has 0 bridgehead atoms. The summed E-state index contributed by atoms with van der Waals surface area (Å²) in [6.45, 7) is 3.59. The number of hydrogen-bond donors (Lipinski definition) is 1. The summed E-state index contributed by atoms with van der Waals surface area (Å²) in [5.41, 5.74) is -0.878. The first-order valence-corrected chi connectivity index (χ1v) is 5.69. The van der Waals surface area contributed by atoms with E-state index < -0.39 is 17.6 Å². The molecular weight excluding hydrogens is 246 g/mol. The van der Waals surface area contributed by atoms with Crippen molar-refractivity contribution in [3.63, 3.8) is 0 Å². The van der Waals surface area contributed by atoms with Crippen LogP contribution in [0.3, 0.4) is 0 Å². The summed E-state index contributed by atoms with van der Waals surface area (Å²) >= 11 is 0. The number of hydrogen-bond acceptors (Lipinski definition) is 1. The first kappa shape index (κ1) is 14.7. The standard InChI is InChI=1S/C13H15F4N/c1-2-18-8-4-3-5-10-6-7-12(14)11(9-10)13(15,16)17/h3,5-7,9,18H,2,4,8H2,1H3/b5-3+. The van der Waals surface area contributed by atoms with E-state index in [4.69, 9.17) is 0 Å². The van der Waals surface area contributed by atoms with Crippen LogP contribution in [0, 0.1) is 5.82 Å². The fourth-order valence-corrected chi connectivity index (χ4v) is 1.45. The Bertz CT molecular complexity index is 410. The predicted octanol–water partition coefficient (Wildman–Crippen LogP) is 3.86. The first-order chi connectivity index (χ1) is 8.45. The summed E-state index contributed by atoms with van der Waals surface area (Å²) in [6, 6.07) is 2.99. The average Bonchev–Trinajstić information content (AvgIpc) is 2.29. The van der Waals surface area contributed by atoms with E-state index in [1.54, 1.807) is 12.2 Å².